The molecule has 0 unspecified atom stereocenters. The molecule has 1 aromatic heterocycles. The number of anilines is 2. The maximum Gasteiger partial charge on any atom is 0.417 e. The number of nitrogens with one attached hydrogen (secondary N) is 1. The molecule has 1 aromatic carbocycles. The van der Waals surface area contributed by atoms with Gasteiger partial charge in [0.25, 0.3) is 11.8 Å². The third-order valence-electron chi connectivity index (χ3n) is 7.04. The highest BCUT2D eigenvalue weighted by Gasteiger charge is 2.66. The number of hydrogen-bond acceptors (Lipinski definition) is 6. The average molecular weight is 529 g/mol. The first-order valence-corrected chi connectivity index (χ1v) is 11.3. The number of methoxy groups -OCH3 is 1. The fraction of sp³-hybridized carbons (Fsp3) is 0.458. The zero-order valence-electron chi connectivity index (χ0n) is 20.0. The molecule has 0 aliphatic carbocycles. The molecule has 3 heterocycles. The van der Waals surface area contributed by atoms with Crippen molar-refractivity contribution in [1.82, 2.24) is 4.98 Å². The van der Waals surface area contributed by atoms with Crippen LogP contribution >= 0.6 is 0 Å². The number of ether oxygens (including phenoxy) is 2. The average Bonchev–Trinajstić information content (AvgIpc) is 3.32. The van der Waals surface area contributed by atoms with Crippen LogP contribution < -0.4 is 15.0 Å². The van der Waals surface area contributed by atoms with Gasteiger partial charge in [-0.2, -0.15) is 17.6 Å². The standard InChI is InChI=1S/C24H24F5N3O5/c1-11-17(13-4-5-14(25)18(26)19(13)36-3)20(37-23(11,2)24(27,28)29)21(34)31-12-6-8-30-16(10-12)32-9-7-15(33)22(32)35/h4-6,8,10-11,15,17,20,33H,7,9H2,1-3H3,(H,30,31,34)/t11-,15+,17-,20+,23+/m0/s1. The molecule has 5 atom stereocenters. The highest BCUT2D eigenvalue weighted by molar-refractivity contribution is 5.99. The number of carbonyl (C=O) groups excluding carboxylic acids is 2. The number of rotatable bonds is 5. The quantitative estimate of drug-likeness (QED) is 0.575. The molecule has 0 spiro atoms. The van der Waals surface area contributed by atoms with Gasteiger partial charge in [-0.05, 0) is 19.1 Å². The number of benzene rings is 1. The normalized spacial score (nSPS) is 28.0. The van der Waals surface area contributed by atoms with Gasteiger partial charge >= 0.3 is 6.18 Å². The number of nitrogens with zero attached hydrogens (tertiary/aromatic N) is 2. The van der Waals surface area contributed by atoms with E-state index in [1.165, 1.54) is 30.2 Å². The van der Waals surface area contributed by atoms with Crippen molar-refractivity contribution in [2.75, 3.05) is 23.9 Å². The Balaban J connectivity index is 1.70. The predicted molar refractivity (Wildman–Crippen MR) is 120 cm³/mol. The molecule has 37 heavy (non-hydrogen) atoms. The van der Waals surface area contributed by atoms with Gasteiger partial charge in [0, 0.05) is 48.3 Å². The van der Waals surface area contributed by atoms with Crippen molar-refractivity contribution in [3.63, 3.8) is 0 Å². The number of pyridine rings is 1. The SMILES string of the molecule is COc1c([C@H]2[C@H](C(=O)Nc3ccnc(N4CC[C@@H](O)C4=O)c3)O[C@@](C)(C(F)(F)F)[C@H]2C)ccc(F)c1F. The molecule has 2 N–H and O–H groups in total. The monoisotopic (exact) mass is 529 g/mol. The molecule has 0 bridgehead atoms. The zero-order valence-corrected chi connectivity index (χ0v) is 20.0. The number of carbonyl (C=O) groups is 2. The largest absolute Gasteiger partial charge is 0.493 e. The van der Waals surface area contributed by atoms with E-state index in [9.17, 15) is 36.6 Å². The van der Waals surface area contributed by atoms with Crippen molar-refractivity contribution in [2.24, 2.45) is 5.92 Å². The Bertz CT molecular complexity index is 1230. The molecule has 13 heteroatoms. The summed E-state index contributed by atoms with van der Waals surface area (Å²) in [6, 6.07) is 4.49. The van der Waals surface area contributed by atoms with E-state index in [1.807, 2.05) is 0 Å². The van der Waals surface area contributed by atoms with Crippen molar-refractivity contribution < 1.29 is 46.1 Å². The molecule has 0 saturated carbocycles. The first kappa shape index (κ1) is 26.7. The van der Waals surface area contributed by atoms with Crippen LogP contribution in [0, 0.1) is 17.6 Å². The topological polar surface area (TPSA) is 101 Å². The maximum absolute atomic E-state index is 14.5. The van der Waals surface area contributed by atoms with Crippen LogP contribution in [0.1, 0.15) is 31.7 Å². The molecule has 200 valence electrons. The Labute approximate surface area is 208 Å². The minimum absolute atomic E-state index is 0.0945. The third kappa shape index (κ3) is 4.50. The van der Waals surface area contributed by atoms with E-state index in [0.29, 0.717) is 0 Å². The smallest absolute Gasteiger partial charge is 0.417 e. The molecule has 2 fully saturated rings. The van der Waals surface area contributed by atoms with E-state index in [-0.39, 0.29) is 30.0 Å². The fourth-order valence-electron chi connectivity index (χ4n) is 4.79. The number of aromatic nitrogens is 1. The first-order valence-electron chi connectivity index (χ1n) is 11.3. The van der Waals surface area contributed by atoms with E-state index >= 15 is 0 Å². The van der Waals surface area contributed by atoms with E-state index in [2.05, 4.69) is 10.3 Å². The number of hydrogen-bond donors (Lipinski definition) is 2. The van der Waals surface area contributed by atoms with Crippen LogP contribution in [0.15, 0.2) is 30.5 Å². The van der Waals surface area contributed by atoms with Gasteiger partial charge in [0.05, 0.1) is 7.11 Å². The van der Waals surface area contributed by atoms with Crippen molar-refractivity contribution in [2.45, 2.75) is 50.2 Å². The second kappa shape index (κ2) is 9.53. The van der Waals surface area contributed by atoms with Crippen LogP contribution in [0.5, 0.6) is 5.75 Å². The van der Waals surface area contributed by atoms with E-state index in [4.69, 9.17) is 9.47 Å². The number of aliphatic hydroxyl groups is 1. The molecule has 2 aromatic rings. The summed E-state index contributed by atoms with van der Waals surface area (Å²) in [6.45, 7) is 2.19. The highest BCUT2D eigenvalue weighted by atomic mass is 19.4. The maximum atomic E-state index is 14.5. The number of aliphatic hydroxyl groups excluding tert-OH is 1. The molecule has 2 saturated heterocycles. The molecule has 2 aliphatic heterocycles. The van der Waals surface area contributed by atoms with E-state index in [1.54, 1.807) is 0 Å². The van der Waals surface area contributed by atoms with Crippen LogP contribution in [-0.4, -0.2) is 59.5 Å². The zero-order chi connectivity index (χ0) is 27.3. The molecular formula is C24H24F5N3O5. The molecule has 2 aliphatic rings. The summed E-state index contributed by atoms with van der Waals surface area (Å²) in [5.74, 6) is -7.49. The van der Waals surface area contributed by atoms with Gasteiger partial charge in [-0.3, -0.25) is 14.5 Å². The summed E-state index contributed by atoms with van der Waals surface area (Å²) in [4.78, 5) is 30.7. The number of halogens is 5. The molecule has 4 rings (SSSR count). The van der Waals surface area contributed by atoms with Gasteiger partial charge in [0.2, 0.25) is 5.82 Å². The Morgan fingerprint density at radius 2 is 2.00 bits per heavy atom. The minimum atomic E-state index is -4.90. The molecule has 2 amide bonds. The van der Waals surface area contributed by atoms with Gasteiger partial charge in [-0.15, -0.1) is 0 Å². The van der Waals surface area contributed by atoms with Crippen molar-refractivity contribution >= 4 is 23.3 Å². The van der Waals surface area contributed by atoms with Gasteiger partial charge in [0.15, 0.2) is 17.2 Å². The van der Waals surface area contributed by atoms with Crippen LogP contribution in [0.2, 0.25) is 0 Å². The second-order valence-electron chi connectivity index (χ2n) is 9.13. The van der Waals surface area contributed by atoms with Crippen LogP contribution in [0.25, 0.3) is 0 Å². The lowest BCUT2D eigenvalue weighted by Crippen LogP contribution is -2.47. The summed E-state index contributed by atoms with van der Waals surface area (Å²) < 4.78 is 80.8. The fourth-order valence-corrected chi connectivity index (χ4v) is 4.79. The third-order valence-corrected chi connectivity index (χ3v) is 7.04. The van der Waals surface area contributed by atoms with Crippen LogP contribution in [0.4, 0.5) is 33.5 Å². The summed E-state index contributed by atoms with van der Waals surface area (Å²) in [5.41, 5.74) is -2.86. The van der Waals surface area contributed by atoms with E-state index < -0.39 is 65.0 Å². The minimum Gasteiger partial charge on any atom is -0.493 e. The summed E-state index contributed by atoms with van der Waals surface area (Å²) in [5, 5.41) is 12.2. The van der Waals surface area contributed by atoms with Crippen LogP contribution in [0.3, 0.4) is 0 Å². The van der Waals surface area contributed by atoms with Gasteiger partial charge in [-0.25, -0.2) is 9.37 Å². The summed E-state index contributed by atoms with van der Waals surface area (Å²) >= 11 is 0. The Hall–Kier alpha value is -3.32. The van der Waals surface area contributed by atoms with E-state index in [0.717, 1.165) is 26.2 Å². The van der Waals surface area contributed by atoms with Crippen molar-refractivity contribution in [3.8, 4) is 5.75 Å². The Kier molecular flexibility index (Phi) is 6.88. The number of amides is 2. The van der Waals surface area contributed by atoms with Gasteiger partial charge in [0.1, 0.15) is 18.0 Å². The lowest BCUT2D eigenvalue weighted by atomic mass is 9.77. The molecule has 8 nitrogen and oxygen atoms in total. The first-order chi connectivity index (χ1) is 17.3. The van der Waals surface area contributed by atoms with Crippen molar-refractivity contribution in [1.29, 1.82) is 0 Å². The lowest BCUT2D eigenvalue weighted by Gasteiger charge is -2.32. The summed E-state index contributed by atoms with van der Waals surface area (Å²) in [6.07, 6.45) is -6.38. The molecule has 0 radical (unpaired) electrons. The second-order valence-corrected chi connectivity index (χ2v) is 9.13. The summed E-state index contributed by atoms with van der Waals surface area (Å²) in [7, 11) is 1.04. The lowest BCUT2D eigenvalue weighted by molar-refractivity contribution is -0.272. The van der Waals surface area contributed by atoms with Crippen molar-refractivity contribution in [3.05, 3.63) is 47.7 Å². The Morgan fingerprint density at radius 1 is 1.30 bits per heavy atom. The van der Waals surface area contributed by atoms with Crippen LogP contribution in [-0.2, 0) is 14.3 Å². The predicted octanol–water partition coefficient (Wildman–Crippen LogP) is 3.54. The van der Waals surface area contributed by atoms with Gasteiger partial charge < -0.3 is 19.9 Å². The highest BCUT2D eigenvalue weighted by Crippen LogP contribution is 2.55. The Morgan fingerprint density at radius 3 is 2.59 bits per heavy atom. The van der Waals surface area contributed by atoms with Gasteiger partial charge in [-0.1, -0.05) is 13.0 Å². The number of alkyl halides is 3. The molecular weight excluding hydrogens is 505 g/mol.